The van der Waals surface area contributed by atoms with E-state index in [1.54, 1.807) is 0 Å². The highest BCUT2D eigenvalue weighted by molar-refractivity contribution is 5.23. The van der Waals surface area contributed by atoms with Gasteiger partial charge in [0, 0.05) is 6.07 Å². The summed E-state index contributed by atoms with van der Waals surface area (Å²) in [5.41, 5.74) is 3.86. The first-order valence-electron chi connectivity index (χ1n) is 3.51. The maximum absolute atomic E-state index is 12.8. The van der Waals surface area contributed by atoms with E-state index < -0.39 is 29.7 Å². The predicted octanol–water partition coefficient (Wildman–Crippen LogP) is 2.02. The molecule has 0 saturated heterocycles. The molecule has 1 aromatic rings. The van der Waals surface area contributed by atoms with E-state index in [4.69, 9.17) is 5.73 Å². The van der Waals surface area contributed by atoms with Crippen molar-refractivity contribution in [3.63, 3.8) is 0 Å². The molecule has 0 aliphatic carbocycles. The Labute approximate surface area is 72.2 Å². The molecule has 0 aromatic heterocycles. The number of benzene rings is 1. The van der Waals surface area contributed by atoms with Crippen molar-refractivity contribution >= 4 is 0 Å². The molecular weight excluding hydrogens is 186 g/mol. The largest absolute Gasteiger partial charge is 0.325 e. The number of hydrogen-bond acceptors (Lipinski definition) is 1. The molecule has 1 rings (SSSR count). The van der Waals surface area contributed by atoms with Crippen molar-refractivity contribution in [1.29, 1.82) is 0 Å². The van der Waals surface area contributed by atoms with Crippen LogP contribution in [0.5, 0.6) is 0 Å². The van der Waals surface area contributed by atoms with Gasteiger partial charge in [-0.1, -0.05) is 0 Å². The van der Waals surface area contributed by atoms with Crippen molar-refractivity contribution in [2.45, 2.75) is 5.92 Å². The van der Waals surface area contributed by atoms with Gasteiger partial charge in [-0.25, -0.2) is 8.78 Å². The van der Waals surface area contributed by atoms with E-state index >= 15 is 0 Å². The lowest BCUT2D eigenvalue weighted by Gasteiger charge is -2.14. The van der Waals surface area contributed by atoms with Gasteiger partial charge in [0.05, 0.1) is 12.1 Å². The summed E-state index contributed by atoms with van der Waals surface area (Å²) in [5.74, 6) is -5.62. The second-order valence-electron chi connectivity index (χ2n) is 2.53. The average Bonchev–Trinajstić information content (AvgIpc) is 2.03. The normalized spacial score (nSPS) is 11.8. The van der Waals surface area contributed by atoms with Crippen LogP contribution < -0.4 is 5.73 Å². The molecule has 0 spiro atoms. The van der Waals surface area contributed by atoms with Crippen molar-refractivity contribution in [2.24, 2.45) is 5.73 Å². The number of halogens is 4. The Morgan fingerprint density at radius 3 is 2.31 bits per heavy atom. The Morgan fingerprint density at radius 1 is 1.23 bits per heavy atom. The van der Waals surface area contributed by atoms with Gasteiger partial charge in [0.1, 0.15) is 11.6 Å². The van der Waals surface area contributed by atoms with E-state index in [1.807, 2.05) is 0 Å². The summed E-state index contributed by atoms with van der Waals surface area (Å²) < 4.78 is 50.7. The van der Waals surface area contributed by atoms with Gasteiger partial charge in [-0.05, 0) is 12.1 Å². The first-order valence-corrected chi connectivity index (χ1v) is 3.51. The fourth-order valence-corrected chi connectivity index (χ4v) is 0.896. The molecule has 0 bridgehead atoms. The summed E-state index contributed by atoms with van der Waals surface area (Å²) in [6.45, 7) is -1.00. The molecule has 0 saturated carbocycles. The molecular formula is C8H7F4N. The van der Waals surface area contributed by atoms with Crippen LogP contribution in [0.25, 0.3) is 0 Å². The lowest BCUT2D eigenvalue weighted by atomic mass is 10.1. The smallest absolute Gasteiger partial charge is 0.288 e. The summed E-state index contributed by atoms with van der Waals surface area (Å²) in [6, 6.07) is 1.86. The minimum Gasteiger partial charge on any atom is -0.325 e. The second kappa shape index (κ2) is 3.33. The zero-order chi connectivity index (χ0) is 10.1. The fourth-order valence-electron chi connectivity index (χ4n) is 0.896. The Balaban J connectivity index is 3.16. The molecule has 0 fully saturated rings. The van der Waals surface area contributed by atoms with Gasteiger partial charge in [-0.3, -0.25) is 0 Å². The van der Waals surface area contributed by atoms with Gasteiger partial charge < -0.3 is 5.73 Å². The molecule has 1 nitrogen and oxygen atoms in total. The van der Waals surface area contributed by atoms with Crippen LogP contribution in [0.15, 0.2) is 18.2 Å². The second-order valence-corrected chi connectivity index (χ2v) is 2.53. The molecule has 0 heterocycles. The lowest BCUT2D eigenvalue weighted by Crippen LogP contribution is -2.26. The molecule has 0 unspecified atom stereocenters. The summed E-state index contributed by atoms with van der Waals surface area (Å²) >= 11 is 0. The quantitative estimate of drug-likeness (QED) is 0.714. The van der Waals surface area contributed by atoms with E-state index in [1.165, 1.54) is 0 Å². The van der Waals surface area contributed by atoms with Crippen LogP contribution in [-0.4, -0.2) is 6.54 Å². The maximum atomic E-state index is 12.8. The highest BCUT2D eigenvalue weighted by Crippen LogP contribution is 2.28. The number of alkyl halides is 2. The highest BCUT2D eigenvalue weighted by Gasteiger charge is 2.32. The molecule has 0 atom stereocenters. The van der Waals surface area contributed by atoms with Crippen molar-refractivity contribution in [3.8, 4) is 0 Å². The van der Waals surface area contributed by atoms with Gasteiger partial charge in [0.25, 0.3) is 5.92 Å². The molecule has 0 aliphatic rings. The van der Waals surface area contributed by atoms with Gasteiger partial charge in [-0.2, -0.15) is 8.78 Å². The van der Waals surface area contributed by atoms with Crippen LogP contribution in [0.3, 0.4) is 0 Å². The van der Waals surface area contributed by atoms with Gasteiger partial charge in [0.2, 0.25) is 0 Å². The SMILES string of the molecule is NCC(F)(F)c1ccc(F)cc1F. The predicted molar refractivity (Wildman–Crippen MR) is 39.3 cm³/mol. The summed E-state index contributed by atoms with van der Waals surface area (Å²) in [4.78, 5) is 0. The Morgan fingerprint density at radius 2 is 1.85 bits per heavy atom. The average molecular weight is 193 g/mol. The van der Waals surface area contributed by atoms with Crippen LogP contribution in [0.2, 0.25) is 0 Å². The van der Waals surface area contributed by atoms with Gasteiger partial charge >= 0.3 is 0 Å². The Bertz CT molecular complexity index is 311. The van der Waals surface area contributed by atoms with Crippen molar-refractivity contribution < 1.29 is 17.6 Å². The minimum absolute atomic E-state index is 0.402. The third kappa shape index (κ3) is 1.98. The maximum Gasteiger partial charge on any atom is 0.288 e. The van der Waals surface area contributed by atoms with E-state index in [0.29, 0.717) is 12.1 Å². The standard InChI is InChI=1S/C8H7F4N/c9-5-1-2-6(7(10)3-5)8(11,12)4-13/h1-3H,4,13H2. The van der Waals surface area contributed by atoms with E-state index in [-0.39, 0.29) is 0 Å². The molecule has 0 amide bonds. The molecule has 72 valence electrons. The zero-order valence-corrected chi connectivity index (χ0v) is 6.53. The van der Waals surface area contributed by atoms with Crippen molar-refractivity contribution in [1.82, 2.24) is 0 Å². The molecule has 13 heavy (non-hydrogen) atoms. The van der Waals surface area contributed by atoms with Crippen molar-refractivity contribution in [2.75, 3.05) is 6.54 Å². The molecule has 1 aromatic carbocycles. The lowest BCUT2D eigenvalue weighted by molar-refractivity contribution is 0.00230. The molecule has 2 N–H and O–H groups in total. The Hall–Kier alpha value is -1.10. The number of hydrogen-bond donors (Lipinski definition) is 1. The van der Waals surface area contributed by atoms with Crippen LogP contribution in [-0.2, 0) is 5.92 Å². The third-order valence-electron chi connectivity index (χ3n) is 1.58. The van der Waals surface area contributed by atoms with Crippen LogP contribution in [0.1, 0.15) is 5.56 Å². The Kier molecular flexibility index (Phi) is 2.56. The first-order chi connectivity index (χ1) is 5.97. The molecule has 5 heteroatoms. The van der Waals surface area contributed by atoms with E-state index in [2.05, 4.69) is 0 Å². The zero-order valence-electron chi connectivity index (χ0n) is 6.53. The van der Waals surface area contributed by atoms with E-state index in [9.17, 15) is 17.6 Å². The first kappa shape index (κ1) is 9.98. The van der Waals surface area contributed by atoms with Crippen molar-refractivity contribution in [3.05, 3.63) is 35.4 Å². The molecule has 0 aliphatic heterocycles. The number of rotatable bonds is 2. The third-order valence-corrected chi connectivity index (χ3v) is 1.58. The number of nitrogens with two attached hydrogens (primary N) is 1. The summed E-state index contributed by atoms with van der Waals surface area (Å²) in [6.07, 6.45) is 0. The highest BCUT2D eigenvalue weighted by atomic mass is 19.3. The van der Waals surface area contributed by atoms with Crippen LogP contribution in [0.4, 0.5) is 17.6 Å². The van der Waals surface area contributed by atoms with Crippen LogP contribution >= 0.6 is 0 Å². The van der Waals surface area contributed by atoms with Crippen LogP contribution in [0, 0.1) is 11.6 Å². The fraction of sp³-hybridized carbons (Fsp3) is 0.250. The monoisotopic (exact) mass is 193 g/mol. The minimum atomic E-state index is -3.45. The van der Waals surface area contributed by atoms with Gasteiger partial charge in [-0.15, -0.1) is 0 Å². The van der Waals surface area contributed by atoms with Gasteiger partial charge in [0.15, 0.2) is 0 Å². The topological polar surface area (TPSA) is 26.0 Å². The summed E-state index contributed by atoms with van der Waals surface area (Å²) in [5, 5.41) is 0. The molecule has 0 radical (unpaired) electrons. The van der Waals surface area contributed by atoms with E-state index in [0.717, 1.165) is 6.07 Å². The summed E-state index contributed by atoms with van der Waals surface area (Å²) in [7, 11) is 0.